The number of carboxylic acid groups (broad SMARTS) is 2. The van der Waals surface area contributed by atoms with Gasteiger partial charge in [0.2, 0.25) is 0 Å². The SMILES string of the molecule is BrCc1ccccc1.CC(=O)OC(C)=O.CC(=O)OC(C)C(N)C(=O)OCc1ccccc1.CC(=O)O[C@H](C)[C@H](NC(=O)OC(C)(C)C)C(=O)O.CC(O)C(N)C(=O)O.CC(O)C(N)C(=O)OCc1ccccc1.CCN(CC)CC.O=CO[O-].[H-].[K+].[K+]. The number of nitrogens with zero attached hydrogens (tertiary/aromatic N) is 1. The van der Waals surface area contributed by atoms with E-state index in [2.05, 4.69) is 68.7 Å². The molecule has 3 aromatic carbocycles. The van der Waals surface area contributed by atoms with Gasteiger partial charge in [-0.1, -0.05) is 128 Å². The molecule has 6 unspecified atom stereocenters. The van der Waals surface area contributed by atoms with Gasteiger partial charge in [0.1, 0.15) is 49.1 Å². The topological polar surface area (TPSA) is 433 Å². The fraction of sp³-hybridized carbons (Fsp3) is 0.509. The molecule has 30 heteroatoms. The van der Waals surface area contributed by atoms with Gasteiger partial charge in [0.15, 0.2) is 6.04 Å². The van der Waals surface area contributed by atoms with Crippen molar-refractivity contribution in [2.75, 3.05) is 19.6 Å². The Morgan fingerprint density at radius 2 is 0.931 bits per heavy atom. The molecule has 1 amide bonds. The Bertz CT molecular complexity index is 2310. The third-order valence-corrected chi connectivity index (χ3v) is 10.2. The maximum absolute atomic E-state index is 11.6. The molecule has 11 N–H and O–H groups in total. The maximum atomic E-state index is 11.6. The summed E-state index contributed by atoms with van der Waals surface area (Å²) in [5.41, 5.74) is 18.3. The summed E-state index contributed by atoms with van der Waals surface area (Å²) in [6, 6.07) is 24.4. The Morgan fingerprint density at radius 1 is 0.598 bits per heavy atom. The van der Waals surface area contributed by atoms with Gasteiger partial charge in [-0.15, -0.1) is 0 Å². The third kappa shape index (κ3) is 61.8. The van der Waals surface area contributed by atoms with E-state index in [1.807, 2.05) is 78.9 Å². The minimum Gasteiger partial charge on any atom is -1.00 e. The number of aliphatic hydroxyl groups excluding tert-OH is 2. The van der Waals surface area contributed by atoms with Gasteiger partial charge in [0.25, 0.3) is 6.47 Å². The number of hydrogen-bond donors (Lipinski definition) is 8. The number of hydrogen-bond acceptors (Lipinski definition) is 24. The van der Waals surface area contributed by atoms with Crippen molar-refractivity contribution in [2.45, 2.75) is 170 Å². The minimum atomic E-state index is -1.36. The molecule has 0 aliphatic carbocycles. The summed E-state index contributed by atoms with van der Waals surface area (Å²) in [6.45, 7) is 25.7. The number of rotatable bonds is 20. The molecule has 87 heavy (non-hydrogen) atoms. The van der Waals surface area contributed by atoms with Crippen LogP contribution < -0.4 is 131 Å². The van der Waals surface area contributed by atoms with Gasteiger partial charge in [-0.3, -0.25) is 38.4 Å². The first kappa shape index (κ1) is 96.5. The van der Waals surface area contributed by atoms with Gasteiger partial charge in [-0.05, 0) is 84.8 Å². The monoisotopic (exact) mass is 1350 g/mol. The Kier molecular flexibility index (Phi) is 65.9. The fourth-order valence-corrected chi connectivity index (χ4v) is 5.54. The zero-order valence-electron chi connectivity index (χ0n) is 53.8. The van der Waals surface area contributed by atoms with Crippen molar-refractivity contribution in [3.8, 4) is 0 Å². The Balaban J connectivity index is -0.000000144. The molecule has 0 aliphatic rings. The number of ether oxygens (including phenoxy) is 6. The minimum absolute atomic E-state index is 0. The number of amides is 1. The standard InChI is InChI=1S/C13H17NO4.C11H19NO6.C11H15NO3.C7H7Br.C6H15N.C4H9NO3.C4H6O3.CH2O3.2K.H/c1-9(18-10(2)15)12(14)13(16)17-8-11-6-4-3-5-7-11;1-6(17-7(2)13)8(9(14)15)12-10(16)18-11(3,4)5;1-8(13)10(12)11(14)15-7-9-5-3-2-4-6-9;8-6-7-4-2-1-3-5-7;1-4-7(5-2)6-3;1-2(6)3(5)4(7)8;1-3(5)7-4(2)6;2-1-4-3;;;/h3-7,9,12H,8,14H2,1-2H3;6,8H,1-5H3,(H,12,16)(H,14,15);2-6,8,10,13H,7,12H2,1H3;1-5H,6H2;4-6H2,1-3H3;2-3,6H,5H2,1H3,(H,7,8);1-2H3;1,3H;;;/q;;;;;;;;2*+1;-1/p-1/t;6-,8+;;;;;;;;;/m.1........./s1. The predicted octanol–water partition coefficient (Wildman–Crippen LogP) is -2.28. The predicted molar refractivity (Wildman–Crippen MR) is 314 cm³/mol. The summed E-state index contributed by atoms with van der Waals surface area (Å²) in [6.07, 6.45) is -4.45. The number of carboxylic acids is 2. The first-order valence-electron chi connectivity index (χ1n) is 26.1. The van der Waals surface area contributed by atoms with Crippen LogP contribution in [0.15, 0.2) is 91.0 Å². The maximum Gasteiger partial charge on any atom is 1.00 e. The summed E-state index contributed by atoms with van der Waals surface area (Å²) in [5, 5.41) is 46.1. The molecule has 0 radical (unpaired) electrons. The molecule has 27 nitrogen and oxygen atoms in total. The number of nitrogens with two attached hydrogens (primary N) is 3. The number of carbonyl (C=O) groups is 10. The number of benzene rings is 3. The van der Waals surface area contributed by atoms with Gasteiger partial charge in [-0.25, -0.2) is 9.59 Å². The fourth-order valence-electron chi connectivity index (χ4n) is 5.16. The number of alkyl halides is 1. The zero-order chi connectivity index (χ0) is 66.8. The van der Waals surface area contributed by atoms with Crippen LogP contribution in [0.4, 0.5) is 4.79 Å². The summed E-state index contributed by atoms with van der Waals surface area (Å²) < 4.78 is 28.4. The van der Waals surface area contributed by atoms with Crippen molar-refractivity contribution >= 4 is 76.2 Å². The first-order valence-corrected chi connectivity index (χ1v) is 27.2. The van der Waals surface area contributed by atoms with Crippen molar-refractivity contribution in [3.63, 3.8) is 0 Å². The second kappa shape index (κ2) is 59.5. The van der Waals surface area contributed by atoms with Crippen molar-refractivity contribution in [1.29, 1.82) is 0 Å². The van der Waals surface area contributed by atoms with E-state index in [1.165, 1.54) is 66.7 Å². The van der Waals surface area contributed by atoms with E-state index in [4.69, 9.17) is 71.4 Å². The Labute approximate surface area is 605 Å². The average molecular weight is 1360 g/mol. The number of aliphatic hydroxyl groups is 2. The molecule has 0 bridgehead atoms. The molecule has 3 rings (SSSR count). The van der Waals surface area contributed by atoms with Crippen LogP contribution in [0.1, 0.15) is 115 Å². The molecular weight excluding hydrogens is 1260 g/mol. The van der Waals surface area contributed by atoms with E-state index >= 15 is 0 Å². The van der Waals surface area contributed by atoms with Crippen LogP contribution in [-0.2, 0) is 95.0 Å². The number of carbonyl (C=O) groups excluding carboxylic acids is 8. The first-order chi connectivity index (χ1) is 39.5. The second-order valence-electron chi connectivity index (χ2n) is 18.2. The summed E-state index contributed by atoms with van der Waals surface area (Å²) in [4.78, 5) is 110. The molecule has 0 aliphatic heterocycles. The van der Waals surface area contributed by atoms with Crippen molar-refractivity contribution < 1.29 is 211 Å². The van der Waals surface area contributed by atoms with E-state index in [-0.39, 0.29) is 124 Å². The van der Waals surface area contributed by atoms with Gasteiger partial charge < -0.3 is 87.8 Å². The summed E-state index contributed by atoms with van der Waals surface area (Å²) >= 11 is 3.36. The largest absolute Gasteiger partial charge is 1.00 e. The molecule has 8 atom stereocenters. The molecule has 484 valence electrons. The van der Waals surface area contributed by atoms with E-state index in [0.29, 0.717) is 0 Å². The summed E-state index contributed by atoms with van der Waals surface area (Å²) in [5.74, 6) is -5.90. The molecule has 3 aromatic rings. The molecule has 0 fully saturated rings. The number of esters is 6. The van der Waals surface area contributed by atoms with Crippen LogP contribution in [0, 0.1) is 0 Å². The molecule has 0 aromatic heterocycles. The van der Waals surface area contributed by atoms with Gasteiger partial charge >= 0.3 is 157 Å². The third-order valence-electron chi connectivity index (χ3n) is 9.60. The van der Waals surface area contributed by atoms with Crippen LogP contribution in [0.3, 0.4) is 0 Å². The van der Waals surface area contributed by atoms with E-state index in [9.17, 15) is 43.2 Å². The van der Waals surface area contributed by atoms with Crippen molar-refractivity contribution in [2.24, 2.45) is 17.2 Å². The number of alkyl carbamates (subject to hydrolysis) is 1. The number of nitrogens with one attached hydrogen (secondary N) is 1. The van der Waals surface area contributed by atoms with E-state index in [1.54, 1.807) is 27.7 Å². The molecule has 0 heterocycles. The van der Waals surface area contributed by atoms with Crippen LogP contribution in [0.25, 0.3) is 0 Å². The Morgan fingerprint density at radius 3 is 1.15 bits per heavy atom. The second-order valence-corrected chi connectivity index (χ2v) is 18.8. The van der Waals surface area contributed by atoms with Gasteiger partial charge in [0, 0.05) is 33.0 Å². The molecular formula is C57H90BrK2N5O22. The molecule has 0 saturated heterocycles. The van der Waals surface area contributed by atoms with Crippen LogP contribution >= 0.6 is 15.9 Å². The smallest absolute Gasteiger partial charge is 1.00 e. The van der Waals surface area contributed by atoms with Crippen molar-refractivity contribution in [3.05, 3.63) is 108 Å². The summed E-state index contributed by atoms with van der Waals surface area (Å²) in [7, 11) is 0. The van der Waals surface area contributed by atoms with E-state index < -0.39 is 108 Å². The van der Waals surface area contributed by atoms with Crippen LogP contribution in [0.5, 0.6) is 0 Å². The van der Waals surface area contributed by atoms with E-state index in [0.717, 1.165) is 23.4 Å². The van der Waals surface area contributed by atoms with Crippen LogP contribution in [0.2, 0.25) is 0 Å². The average Bonchev–Trinajstić information content (AvgIpc) is 3.48. The quantitative estimate of drug-likeness (QED) is 0.00864. The van der Waals surface area contributed by atoms with Crippen LogP contribution in [-0.4, -0.2) is 159 Å². The van der Waals surface area contributed by atoms with Gasteiger partial charge in [-0.2, -0.15) is 0 Å². The molecule has 0 spiro atoms. The number of halogens is 1. The normalized spacial score (nSPS) is 12.3. The van der Waals surface area contributed by atoms with Gasteiger partial charge in [0.05, 0.1) is 12.2 Å². The number of aliphatic carboxylic acids is 2. The zero-order valence-corrected chi connectivity index (χ0v) is 60.6. The van der Waals surface area contributed by atoms with Crippen molar-refractivity contribution in [1.82, 2.24) is 10.2 Å². The molecule has 0 saturated carbocycles. The Hall–Kier alpha value is -4.17.